The van der Waals surface area contributed by atoms with Crippen LogP contribution in [0.25, 0.3) is 0 Å². The molecule has 0 amide bonds. The molecule has 0 aromatic carbocycles. The molecule has 1 aromatic rings. The van der Waals surface area contributed by atoms with Crippen LogP contribution in [0, 0.1) is 0 Å². The molecule has 2 rings (SSSR count). The summed E-state index contributed by atoms with van der Waals surface area (Å²) in [6, 6.07) is 2.47. The largest absolute Gasteiger partial charge is 0.469 e. The summed E-state index contributed by atoms with van der Waals surface area (Å²) >= 11 is 0. The van der Waals surface area contributed by atoms with Gasteiger partial charge in [-0.1, -0.05) is 31.4 Å². The van der Waals surface area contributed by atoms with E-state index in [0.29, 0.717) is 6.04 Å². The summed E-state index contributed by atoms with van der Waals surface area (Å²) in [5.74, 6) is 1.12. The Bertz CT molecular complexity index is 392. The van der Waals surface area contributed by atoms with Gasteiger partial charge in [-0.25, -0.2) is 0 Å². The van der Waals surface area contributed by atoms with E-state index in [1.54, 1.807) is 5.57 Å². The third-order valence-corrected chi connectivity index (χ3v) is 3.90. The Morgan fingerprint density at radius 1 is 1.28 bits per heavy atom. The zero-order valence-electron chi connectivity index (χ0n) is 11.7. The summed E-state index contributed by atoms with van der Waals surface area (Å²) in [6.07, 6.45) is 13.1. The van der Waals surface area contributed by atoms with Crippen LogP contribution < -0.4 is 5.32 Å². The van der Waals surface area contributed by atoms with Crippen molar-refractivity contribution in [1.29, 1.82) is 0 Å². The van der Waals surface area contributed by atoms with Crippen LogP contribution in [0.2, 0.25) is 0 Å². The monoisotopic (exact) mass is 247 g/mol. The second-order valence-electron chi connectivity index (χ2n) is 5.11. The molecule has 2 nitrogen and oxygen atoms in total. The molecule has 0 fully saturated rings. The summed E-state index contributed by atoms with van der Waals surface area (Å²) in [4.78, 5) is 0. The van der Waals surface area contributed by atoms with Crippen LogP contribution in [-0.2, 0) is 6.42 Å². The first-order valence-electron chi connectivity index (χ1n) is 7.29. The normalized spacial score (nSPS) is 21.8. The maximum atomic E-state index is 5.58. The average molecular weight is 247 g/mol. The lowest BCUT2D eigenvalue weighted by molar-refractivity contribution is 0.500. The highest BCUT2D eigenvalue weighted by atomic mass is 16.3. The molecule has 1 aromatic heterocycles. The molecule has 1 aliphatic rings. The molecule has 0 saturated heterocycles. The number of nitrogens with one attached hydrogen (secondary N) is 1. The van der Waals surface area contributed by atoms with E-state index in [-0.39, 0.29) is 0 Å². The van der Waals surface area contributed by atoms with Gasteiger partial charge in [-0.15, -0.1) is 0 Å². The molecule has 0 radical (unpaired) electrons. The molecule has 0 spiro atoms. The third-order valence-electron chi connectivity index (χ3n) is 3.90. The van der Waals surface area contributed by atoms with Crippen LogP contribution in [0.5, 0.6) is 0 Å². The van der Waals surface area contributed by atoms with Gasteiger partial charge in [-0.2, -0.15) is 0 Å². The number of rotatable bonds is 4. The lowest BCUT2D eigenvalue weighted by atomic mass is 9.91. The molecular formula is C16H25NO. The number of hydrogen-bond donors (Lipinski definition) is 1. The minimum Gasteiger partial charge on any atom is -0.469 e. The second kappa shape index (κ2) is 6.79. The molecule has 1 N–H and O–H groups in total. The van der Waals surface area contributed by atoms with Gasteiger partial charge in [0.1, 0.15) is 5.76 Å². The van der Waals surface area contributed by atoms with Gasteiger partial charge in [-0.3, -0.25) is 0 Å². The zero-order chi connectivity index (χ0) is 12.8. The summed E-state index contributed by atoms with van der Waals surface area (Å²) < 4.78 is 5.58. The van der Waals surface area contributed by atoms with Crippen LogP contribution >= 0.6 is 0 Å². The smallest absolute Gasteiger partial charge is 0.108 e. The van der Waals surface area contributed by atoms with E-state index in [4.69, 9.17) is 4.42 Å². The van der Waals surface area contributed by atoms with E-state index in [1.165, 1.54) is 44.1 Å². The Balaban J connectivity index is 2.21. The Labute approximate surface area is 110 Å². The Hall–Kier alpha value is -1.02. The lowest BCUT2D eigenvalue weighted by Gasteiger charge is -2.22. The summed E-state index contributed by atoms with van der Waals surface area (Å²) in [7, 11) is 2.05. The van der Waals surface area contributed by atoms with Gasteiger partial charge < -0.3 is 9.73 Å². The fraction of sp³-hybridized carbons (Fsp3) is 0.625. The number of likely N-dealkylation sites (N-methyl/N-ethyl adjacent to an activating group) is 1. The van der Waals surface area contributed by atoms with Gasteiger partial charge >= 0.3 is 0 Å². The quantitative estimate of drug-likeness (QED) is 0.799. The van der Waals surface area contributed by atoms with Crippen molar-refractivity contribution in [3.05, 3.63) is 35.3 Å². The van der Waals surface area contributed by atoms with E-state index in [0.717, 1.165) is 12.2 Å². The van der Waals surface area contributed by atoms with Gasteiger partial charge in [0.15, 0.2) is 0 Å². The van der Waals surface area contributed by atoms with Crippen molar-refractivity contribution in [2.24, 2.45) is 0 Å². The average Bonchev–Trinajstić information content (AvgIpc) is 2.80. The van der Waals surface area contributed by atoms with E-state index < -0.39 is 0 Å². The van der Waals surface area contributed by atoms with Crippen LogP contribution in [0.3, 0.4) is 0 Å². The molecule has 2 heteroatoms. The predicted octanol–water partition coefficient (Wildman–Crippen LogP) is 4.38. The molecule has 1 unspecified atom stereocenters. The number of hydrogen-bond acceptors (Lipinski definition) is 2. The molecule has 1 aliphatic carbocycles. The minimum absolute atomic E-state index is 0.344. The van der Waals surface area contributed by atoms with Gasteiger partial charge in [0.05, 0.1) is 12.3 Å². The zero-order valence-corrected chi connectivity index (χ0v) is 11.7. The molecule has 1 heterocycles. The van der Waals surface area contributed by atoms with Crippen molar-refractivity contribution >= 4 is 0 Å². The van der Waals surface area contributed by atoms with Gasteiger partial charge in [-0.05, 0) is 38.8 Å². The number of allylic oxidation sites excluding steroid dienone is 1. The first kappa shape index (κ1) is 13.4. The van der Waals surface area contributed by atoms with Crippen molar-refractivity contribution in [2.75, 3.05) is 7.05 Å². The molecule has 18 heavy (non-hydrogen) atoms. The van der Waals surface area contributed by atoms with Gasteiger partial charge in [0, 0.05) is 12.0 Å². The van der Waals surface area contributed by atoms with Crippen LogP contribution in [-0.4, -0.2) is 7.05 Å². The van der Waals surface area contributed by atoms with Crippen LogP contribution in [0.1, 0.15) is 62.8 Å². The Kier molecular flexibility index (Phi) is 5.06. The topological polar surface area (TPSA) is 25.2 Å². The summed E-state index contributed by atoms with van der Waals surface area (Å²) in [5.41, 5.74) is 2.88. The van der Waals surface area contributed by atoms with Gasteiger partial charge in [0.25, 0.3) is 0 Å². The fourth-order valence-electron chi connectivity index (χ4n) is 2.91. The highest BCUT2D eigenvalue weighted by Crippen LogP contribution is 2.31. The van der Waals surface area contributed by atoms with Crippen molar-refractivity contribution in [2.45, 2.75) is 57.9 Å². The molecule has 0 saturated carbocycles. The maximum absolute atomic E-state index is 5.58. The Morgan fingerprint density at radius 2 is 2.11 bits per heavy atom. The van der Waals surface area contributed by atoms with E-state index in [1.807, 2.05) is 6.26 Å². The standard InChI is InChI=1S/C16H25NO/c1-3-15-14(11-12-18-15)16(17-2)13-9-7-5-4-6-8-10-13/h9,11-12,16-17H,3-8,10H2,1-2H3/b13-9+. The van der Waals surface area contributed by atoms with E-state index in [2.05, 4.69) is 31.4 Å². The fourth-order valence-corrected chi connectivity index (χ4v) is 2.91. The molecular weight excluding hydrogens is 222 g/mol. The van der Waals surface area contributed by atoms with Crippen LogP contribution in [0.4, 0.5) is 0 Å². The van der Waals surface area contributed by atoms with E-state index >= 15 is 0 Å². The van der Waals surface area contributed by atoms with Crippen molar-refractivity contribution in [1.82, 2.24) is 5.32 Å². The first-order chi connectivity index (χ1) is 8.86. The Morgan fingerprint density at radius 3 is 2.89 bits per heavy atom. The molecule has 0 aliphatic heterocycles. The maximum Gasteiger partial charge on any atom is 0.108 e. The lowest BCUT2D eigenvalue weighted by Crippen LogP contribution is -2.20. The second-order valence-corrected chi connectivity index (χ2v) is 5.11. The van der Waals surface area contributed by atoms with Crippen molar-refractivity contribution in [3.63, 3.8) is 0 Å². The minimum atomic E-state index is 0.344. The first-order valence-corrected chi connectivity index (χ1v) is 7.29. The molecule has 100 valence electrons. The highest BCUT2D eigenvalue weighted by Gasteiger charge is 2.19. The SMILES string of the molecule is CCc1occc1C(NC)/C1=C/CCCCCC1. The van der Waals surface area contributed by atoms with Crippen LogP contribution in [0.15, 0.2) is 28.4 Å². The third kappa shape index (κ3) is 3.05. The predicted molar refractivity (Wildman–Crippen MR) is 75.7 cm³/mol. The summed E-state index contributed by atoms with van der Waals surface area (Å²) in [5, 5.41) is 3.47. The number of furan rings is 1. The highest BCUT2D eigenvalue weighted by molar-refractivity contribution is 5.30. The van der Waals surface area contributed by atoms with Gasteiger partial charge in [0.2, 0.25) is 0 Å². The summed E-state index contributed by atoms with van der Waals surface area (Å²) in [6.45, 7) is 2.15. The molecule has 0 bridgehead atoms. The van der Waals surface area contributed by atoms with Crippen molar-refractivity contribution in [3.8, 4) is 0 Å². The number of aryl methyl sites for hydroxylation is 1. The van der Waals surface area contributed by atoms with E-state index in [9.17, 15) is 0 Å². The van der Waals surface area contributed by atoms with Crippen molar-refractivity contribution < 1.29 is 4.42 Å². The molecule has 1 atom stereocenters.